The maximum atomic E-state index is 9.55. The molecule has 3 atom stereocenters. The summed E-state index contributed by atoms with van der Waals surface area (Å²) in [6, 6.07) is 0. The van der Waals surface area contributed by atoms with Crippen LogP contribution in [0, 0.1) is 11.8 Å². The Hall–Kier alpha value is -0.300. The van der Waals surface area contributed by atoms with Crippen molar-refractivity contribution in [2.75, 3.05) is 0 Å². The monoisotopic (exact) mass is 154 g/mol. The maximum absolute atomic E-state index is 9.55. The number of aliphatic hydroxyl groups is 1. The summed E-state index contributed by atoms with van der Waals surface area (Å²) in [5.41, 5.74) is 0. The van der Waals surface area contributed by atoms with Gasteiger partial charge in [-0.3, -0.25) is 0 Å². The lowest BCUT2D eigenvalue weighted by molar-refractivity contribution is 0.134. The molecule has 1 heteroatoms. The second-order valence-electron chi connectivity index (χ2n) is 3.66. The van der Waals surface area contributed by atoms with E-state index in [2.05, 4.69) is 13.5 Å². The van der Waals surface area contributed by atoms with E-state index in [-0.39, 0.29) is 6.10 Å². The van der Waals surface area contributed by atoms with Crippen molar-refractivity contribution in [3.8, 4) is 0 Å². The third-order valence-corrected chi connectivity index (χ3v) is 2.57. The Labute approximate surface area is 69.1 Å². The minimum absolute atomic E-state index is 0.0371. The summed E-state index contributed by atoms with van der Waals surface area (Å²) in [6.45, 7) is 5.86. The Morgan fingerprint density at radius 2 is 2.36 bits per heavy atom. The molecular weight excluding hydrogens is 136 g/mol. The van der Waals surface area contributed by atoms with Crippen molar-refractivity contribution in [1.29, 1.82) is 0 Å². The molecule has 0 aliphatic heterocycles. The van der Waals surface area contributed by atoms with E-state index in [9.17, 15) is 5.11 Å². The summed E-state index contributed by atoms with van der Waals surface area (Å²) in [5.74, 6) is 1.38. The summed E-state index contributed by atoms with van der Waals surface area (Å²) in [4.78, 5) is 0. The largest absolute Gasteiger partial charge is 0.393 e. The minimum Gasteiger partial charge on any atom is -0.393 e. The van der Waals surface area contributed by atoms with Gasteiger partial charge in [-0.1, -0.05) is 13.0 Å². The predicted molar refractivity (Wildman–Crippen MR) is 47.3 cm³/mol. The number of allylic oxidation sites excluding steroid dienone is 1. The second kappa shape index (κ2) is 3.91. The Morgan fingerprint density at radius 3 is 2.82 bits per heavy atom. The average molecular weight is 154 g/mol. The molecular formula is C10H18O. The molecule has 1 rings (SSSR count). The number of unbranched alkanes of at least 4 members (excludes halogenated alkanes) is 1. The Balaban J connectivity index is 2.02. The van der Waals surface area contributed by atoms with E-state index in [0.29, 0.717) is 5.92 Å². The smallest absolute Gasteiger partial charge is 0.0571 e. The third-order valence-electron chi connectivity index (χ3n) is 2.57. The summed E-state index contributed by atoms with van der Waals surface area (Å²) >= 11 is 0. The van der Waals surface area contributed by atoms with E-state index in [0.717, 1.165) is 25.2 Å². The van der Waals surface area contributed by atoms with Gasteiger partial charge in [0, 0.05) is 0 Å². The van der Waals surface area contributed by atoms with Gasteiger partial charge in [0.05, 0.1) is 6.10 Å². The fourth-order valence-electron chi connectivity index (χ4n) is 1.57. The first-order chi connectivity index (χ1) is 5.25. The van der Waals surface area contributed by atoms with Crippen molar-refractivity contribution in [3.05, 3.63) is 12.7 Å². The lowest BCUT2D eigenvalue weighted by Crippen LogP contribution is -2.09. The van der Waals surface area contributed by atoms with Crippen LogP contribution in [0.1, 0.15) is 32.6 Å². The van der Waals surface area contributed by atoms with Crippen LogP contribution in [0.15, 0.2) is 12.7 Å². The Kier molecular flexibility index (Phi) is 3.13. The molecule has 3 unspecified atom stereocenters. The maximum Gasteiger partial charge on any atom is 0.0571 e. The van der Waals surface area contributed by atoms with Crippen molar-refractivity contribution in [2.24, 2.45) is 11.8 Å². The molecule has 1 saturated carbocycles. The van der Waals surface area contributed by atoms with Gasteiger partial charge in [0.1, 0.15) is 0 Å². The summed E-state index contributed by atoms with van der Waals surface area (Å²) in [6.07, 6.45) is 6.20. The highest BCUT2D eigenvalue weighted by atomic mass is 16.3. The summed E-state index contributed by atoms with van der Waals surface area (Å²) in [5, 5.41) is 9.55. The molecule has 11 heavy (non-hydrogen) atoms. The van der Waals surface area contributed by atoms with Crippen LogP contribution in [0.2, 0.25) is 0 Å². The predicted octanol–water partition coefficient (Wildman–Crippen LogP) is 2.36. The highest BCUT2D eigenvalue weighted by molar-refractivity contribution is 4.88. The molecule has 1 fully saturated rings. The molecule has 0 saturated heterocycles. The van der Waals surface area contributed by atoms with E-state index in [1.54, 1.807) is 0 Å². The van der Waals surface area contributed by atoms with Crippen LogP contribution in [-0.4, -0.2) is 11.2 Å². The van der Waals surface area contributed by atoms with E-state index in [1.807, 2.05) is 6.08 Å². The molecule has 0 amide bonds. The standard InChI is InChI=1S/C10H18O/c1-3-4-5-6-10(11)9-7-8(9)2/h3,8-11H,1,4-7H2,2H3. The minimum atomic E-state index is -0.0371. The summed E-state index contributed by atoms with van der Waals surface area (Å²) < 4.78 is 0. The van der Waals surface area contributed by atoms with Gasteiger partial charge in [-0.05, 0) is 37.5 Å². The number of hydrogen-bond acceptors (Lipinski definition) is 1. The van der Waals surface area contributed by atoms with Gasteiger partial charge >= 0.3 is 0 Å². The van der Waals surface area contributed by atoms with Gasteiger partial charge in [0.2, 0.25) is 0 Å². The fourth-order valence-corrected chi connectivity index (χ4v) is 1.57. The van der Waals surface area contributed by atoms with Gasteiger partial charge < -0.3 is 5.11 Å². The first-order valence-corrected chi connectivity index (χ1v) is 4.54. The van der Waals surface area contributed by atoms with Crippen molar-refractivity contribution in [3.63, 3.8) is 0 Å². The average Bonchev–Trinajstić information content (AvgIpc) is 2.67. The molecule has 64 valence electrons. The van der Waals surface area contributed by atoms with E-state index >= 15 is 0 Å². The van der Waals surface area contributed by atoms with Crippen LogP contribution in [0.5, 0.6) is 0 Å². The van der Waals surface area contributed by atoms with Gasteiger partial charge in [0.25, 0.3) is 0 Å². The van der Waals surface area contributed by atoms with Crippen LogP contribution in [0.25, 0.3) is 0 Å². The van der Waals surface area contributed by atoms with Gasteiger partial charge in [-0.2, -0.15) is 0 Å². The van der Waals surface area contributed by atoms with Crippen LogP contribution >= 0.6 is 0 Å². The lowest BCUT2D eigenvalue weighted by atomic mass is 10.1. The van der Waals surface area contributed by atoms with E-state index in [1.165, 1.54) is 6.42 Å². The molecule has 1 N–H and O–H groups in total. The van der Waals surface area contributed by atoms with Crippen LogP contribution in [0.3, 0.4) is 0 Å². The molecule has 0 radical (unpaired) electrons. The normalized spacial score (nSPS) is 31.5. The third kappa shape index (κ3) is 2.66. The topological polar surface area (TPSA) is 20.2 Å². The fraction of sp³-hybridized carbons (Fsp3) is 0.800. The quantitative estimate of drug-likeness (QED) is 0.476. The zero-order valence-corrected chi connectivity index (χ0v) is 7.29. The lowest BCUT2D eigenvalue weighted by Gasteiger charge is -2.07. The summed E-state index contributed by atoms with van der Waals surface area (Å²) in [7, 11) is 0. The molecule has 0 bridgehead atoms. The first kappa shape index (κ1) is 8.79. The molecule has 1 aliphatic carbocycles. The van der Waals surface area contributed by atoms with Crippen LogP contribution in [-0.2, 0) is 0 Å². The number of aliphatic hydroxyl groups excluding tert-OH is 1. The molecule has 0 aromatic heterocycles. The SMILES string of the molecule is C=CCCCC(O)C1CC1C. The van der Waals surface area contributed by atoms with Crippen molar-refractivity contribution < 1.29 is 5.11 Å². The Bertz CT molecular complexity index is 131. The van der Waals surface area contributed by atoms with Crippen molar-refractivity contribution >= 4 is 0 Å². The molecule has 0 aromatic rings. The Morgan fingerprint density at radius 1 is 1.73 bits per heavy atom. The number of hydrogen-bond donors (Lipinski definition) is 1. The van der Waals surface area contributed by atoms with Gasteiger partial charge in [0.15, 0.2) is 0 Å². The second-order valence-corrected chi connectivity index (χ2v) is 3.66. The number of rotatable bonds is 5. The van der Waals surface area contributed by atoms with Crippen LogP contribution in [0.4, 0.5) is 0 Å². The van der Waals surface area contributed by atoms with Crippen molar-refractivity contribution in [2.45, 2.75) is 38.7 Å². The van der Waals surface area contributed by atoms with E-state index < -0.39 is 0 Å². The van der Waals surface area contributed by atoms with Crippen molar-refractivity contribution in [1.82, 2.24) is 0 Å². The molecule has 0 spiro atoms. The van der Waals surface area contributed by atoms with Gasteiger partial charge in [-0.25, -0.2) is 0 Å². The van der Waals surface area contributed by atoms with Gasteiger partial charge in [-0.15, -0.1) is 6.58 Å². The molecule has 1 aliphatic rings. The molecule has 1 nitrogen and oxygen atoms in total. The molecule has 0 aromatic carbocycles. The first-order valence-electron chi connectivity index (χ1n) is 4.54. The zero-order chi connectivity index (χ0) is 8.27. The molecule has 0 heterocycles. The highest BCUT2D eigenvalue weighted by Gasteiger charge is 2.37. The highest BCUT2D eigenvalue weighted by Crippen LogP contribution is 2.41. The van der Waals surface area contributed by atoms with E-state index in [4.69, 9.17) is 0 Å². The van der Waals surface area contributed by atoms with Crippen LogP contribution < -0.4 is 0 Å². The zero-order valence-electron chi connectivity index (χ0n) is 7.29.